The zero-order chi connectivity index (χ0) is 15.4. The fraction of sp³-hybridized carbons (Fsp3) is 0.250. The number of H-pyrrole nitrogens is 1. The number of carbonyl (C=O) groups excluding carboxylic acids is 1. The standard InChI is InChI=1S/C16H18N2O3/c1-3-8-18(10-16(20)21)15(19)9-13-11(2)17-14-7-5-4-6-12(13)14/h3-7,17H,1,8-10H2,2H3,(H,20,21). The second-order valence-electron chi connectivity index (χ2n) is 4.91. The highest BCUT2D eigenvalue weighted by Gasteiger charge is 2.18. The van der Waals surface area contributed by atoms with E-state index in [9.17, 15) is 9.59 Å². The molecule has 0 aliphatic carbocycles. The molecule has 1 aromatic heterocycles. The highest BCUT2D eigenvalue weighted by atomic mass is 16.4. The molecule has 0 aliphatic heterocycles. The summed E-state index contributed by atoms with van der Waals surface area (Å²) < 4.78 is 0. The molecule has 5 heteroatoms. The van der Waals surface area contributed by atoms with Gasteiger partial charge in [-0.1, -0.05) is 24.3 Å². The zero-order valence-electron chi connectivity index (χ0n) is 11.9. The van der Waals surface area contributed by atoms with E-state index in [1.54, 1.807) is 0 Å². The van der Waals surface area contributed by atoms with Gasteiger partial charge in [-0.3, -0.25) is 9.59 Å². The Hall–Kier alpha value is -2.56. The lowest BCUT2D eigenvalue weighted by Crippen LogP contribution is -2.36. The lowest BCUT2D eigenvalue weighted by molar-refractivity contribution is -0.143. The average molecular weight is 286 g/mol. The maximum absolute atomic E-state index is 12.3. The van der Waals surface area contributed by atoms with Crippen molar-refractivity contribution in [1.82, 2.24) is 9.88 Å². The van der Waals surface area contributed by atoms with Gasteiger partial charge < -0.3 is 15.0 Å². The Morgan fingerprint density at radius 2 is 2.10 bits per heavy atom. The average Bonchev–Trinajstić information content (AvgIpc) is 2.74. The SMILES string of the molecule is C=CCN(CC(=O)O)C(=O)Cc1c(C)[nH]c2ccccc12. The van der Waals surface area contributed by atoms with Gasteiger partial charge in [-0.25, -0.2) is 0 Å². The van der Waals surface area contributed by atoms with Crippen LogP contribution >= 0.6 is 0 Å². The first-order valence-corrected chi connectivity index (χ1v) is 6.69. The first kappa shape index (κ1) is 14.8. The highest BCUT2D eigenvalue weighted by Crippen LogP contribution is 2.22. The number of para-hydroxylation sites is 1. The van der Waals surface area contributed by atoms with Crippen molar-refractivity contribution in [3.8, 4) is 0 Å². The Morgan fingerprint density at radius 1 is 1.38 bits per heavy atom. The van der Waals surface area contributed by atoms with E-state index in [2.05, 4.69) is 11.6 Å². The molecule has 0 aliphatic rings. The molecule has 0 atom stereocenters. The Morgan fingerprint density at radius 3 is 2.76 bits per heavy atom. The van der Waals surface area contributed by atoms with E-state index >= 15 is 0 Å². The largest absolute Gasteiger partial charge is 0.480 e. The van der Waals surface area contributed by atoms with Crippen LogP contribution in [0.2, 0.25) is 0 Å². The summed E-state index contributed by atoms with van der Waals surface area (Å²) >= 11 is 0. The topological polar surface area (TPSA) is 73.4 Å². The molecular weight excluding hydrogens is 268 g/mol. The molecule has 0 spiro atoms. The zero-order valence-corrected chi connectivity index (χ0v) is 11.9. The molecule has 1 aromatic carbocycles. The quantitative estimate of drug-likeness (QED) is 0.799. The molecule has 110 valence electrons. The van der Waals surface area contributed by atoms with Gasteiger partial charge in [-0.15, -0.1) is 6.58 Å². The van der Waals surface area contributed by atoms with Gasteiger partial charge in [0.1, 0.15) is 6.54 Å². The number of nitrogens with one attached hydrogen (secondary N) is 1. The number of carbonyl (C=O) groups is 2. The van der Waals surface area contributed by atoms with Crippen LogP contribution < -0.4 is 0 Å². The molecule has 0 unspecified atom stereocenters. The van der Waals surface area contributed by atoms with Crippen molar-refractivity contribution in [2.24, 2.45) is 0 Å². The highest BCUT2D eigenvalue weighted by molar-refractivity contribution is 5.91. The third-order valence-corrected chi connectivity index (χ3v) is 3.38. The fourth-order valence-electron chi connectivity index (χ4n) is 2.40. The molecule has 5 nitrogen and oxygen atoms in total. The van der Waals surface area contributed by atoms with Crippen LogP contribution in [0.25, 0.3) is 10.9 Å². The Labute approximate surface area is 122 Å². The van der Waals surface area contributed by atoms with E-state index in [4.69, 9.17) is 5.11 Å². The van der Waals surface area contributed by atoms with Crippen molar-refractivity contribution in [1.29, 1.82) is 0 Å². The summed E-state index contributed by atoms with van der Waals surface area (Å²) in [6.07, 6.45) is 1.71. The van der Waals surface area contributed by atoms with Crippen LogP contribution in [0, 0.1) is 6.92 Å². The van der Waals surface area contributed by atoms with Gasteiger partial charge in [-0.2, -0.15) is 0 Å². The molecule has 21 heavy (non-hydrogen) atoms. The maximum atomic E-state index is 12.3. The molecule has 0 saturated heterocycles. The van der Waals surface area contributed by atoms with Gasteiger partial charge in [0.15, 0.2) is 0 Å². The van der Waals surface area contributed by atoms with Crippen molar-refractivity contribution in [2.75, 3.05) is 13.1 Å². The molecule has 0 bridgehead atoms. The maximum Gasteiger partial charge on any atom is 0.323 e. The van der Waals surface area contributed by atoms with Crippen LogP contribution in [0.4, 0.5) is 0 Å². The number of aliphatic carboxylic acids is 1. The third kappa shape index (κ3) is 3.31. The summed E-state index contributed by atoms with van der Waals surface area (Å²) in [6, 6.07) is 7.76. The number of hydrogen-bond acceptors (Lipinski definition) is 2. The number of fused-ring (bicyclic) bond motifs is 1. The summed E-state index contributed by atoms with van der Waals surface area (Å²) in [5.41, 5.74) is 2.82. The van der Waals surface area contributed by atoms with E-state index in [0.717, 1.165) is 22.2 Å². The van der Waals surface area contributed by atoms with Crippen LogP contribution in [0.1, 0.15) is 11.3 Å². The van der Waals surface area contributed by atoms with Gasteiger partial charge in [0.2, 0.25) is 5.91 Å². The molecule has 0 fully saturated rings. The number of carboxylic acid groups (broad SMARTS) is 1. The number of amides is 1. The summed E-state index contributed by atoms with van der Waals surface area (Å²) in [4.78, 5) is 27.7. The Kier molecular flexibility index (Phi) is 4.42. The van der Waals surface area contributed by atoms with Crippen molar-refractivity contribution < 1.29 is 14.7 Å². The molecule has 1 heterocycles. The molecular formula is C16H18N2O3. The van der Waals surface area contributed by atoms with Gasteiger partial charge >= 0.3 is 5.97 Å². The number of nitrogens with zero attached hydrogens (tertiary/aromatic N) is 1. The van der Waals surface area contributed by atoms with Crippen LogP contribution in [-0.4, -0.2) is 40.0 Å². The van der Waals surface area contributed by atoms with Gasteiger partial charge in [0.25, 0.3) is 0 Å². The van der Waals surface area contributed by atoms with Crippen LogP contribution in [0.5, 0.6) is 0 Å². The monoisotopic (exact) mass is 286 g/mol. The predicted molar refractivity (Wildman–Crippen MR) is 81.2 cm³/mol. The predicted octanol–water partition coefficient (Wildman–Crippen LogP) is 2.12. The van der Waals surface area contributed by atoms with E-state index in [1.165, 1.54) is 11.0 Å². The van der Waals surface area contributed by atoms with Crippen molar-refractivity contribution >= 4 is 22.8 Å². The molecule has 0 radical (unpaired) electrons. The van der Waals surface area contributed by atoms with E-state index in [-0.39, 0.29) is 25.4 Å². The summed E-state index contributed by atoms with van der Waals surface area (Å²) in [7, 11) is 0. The third-order valence-electron chi connectivity index (χ3n) is 3.38. The second kappa shape index (κ2) is 6.26. The number of benzene rings is 1. The fourth-order valence-corrected chi connectivity index (χ4v) is 2.40. The lowest BCUT2D eigenvalue weighted by atomic mass is 10.1. The molecule has 2 N–H and O–H groups in total. The van der Waals surface area contributed by atoms with Gasteiger partial charge in [0, 0.05) is 23.1 Å². The number of carboxylic acids is 1. The van der Waals surface area contributed by atoms with Crippen LogP contribution in [0.15, 0.2) is 36.9 Å². The number of aromatic amines is 1. The van der Waals surface area contributed by atoms with Gasteiger partial charge in [-0.05, 0) is 18.6 Å². The van der Waals surface area contributed by atoms with Crippen molar-refractivity contribution in [3.05, 3.63) is 48.2 Å². The molecule has 2 aromatic rings. The summed E-state index contributed by atoms with van der Waals surface area (Å²) in [6.45, 7) is 5.39. The first-order chi connectivity index (χ1) is 10.0. The van der Waals surface area contributed by atoms with Crippen molar-refractivity contribution in [3.63, 3.8) is 0 Å². The van der Waals surface area contributed by atoms with Crippen molar-refractivity contribution in [2.45, 2.75) is 13.3 Å². The number of aromatic nitrogens is 1. The van der Waals surface area contributed by atoms with Crippen LogP contribution in [0.3, 0.4) is 0 Å². The normalized spacial score (nSPS) is 10.5. The summed E-state index contributed by atoms with van der Waals surface area (Å²) in [5.74, 6) is -1.24. The number of rotatable bonds is 6. The smallest absolute Gasteiger partial charge is 0.323 e. The summed E-state index contributed by atoms with van der Waals surface area (Å²) in [5, 5.41) is 9.87. The minimum Gasteiger partial charge on any atom is -0.480 e. The molecule has 1 amide bonds. The van der Waals surface area contributed by atoms with E-state index < -0.39 is 5.97 Å². The van der Waals surface area contributed by atoms with Gasteiger partial charge in [0.05, 0.1) is 6.42 Å². The molecule has 2 rings (SSSR count). The van der Waals surface area contributed by atoms with Crippen LogP contribution in [-0.2, 0) is 16.0 Å². The second-order valence-corrected chi connectivity index (χ2v) is 4.91. The Balaban J connectivity index is 2.25. The number of aryl methyl sites for hydroxylation is 1. The minimum absolute atomic E-state index is 0.178. The van der Waals surface area contributed by atoms with E-state index in [1.807, 2.05) is 31.2 Å². The lowest BCUT2D eigenvalue weighted by Gasteiger charge is -2.18. The molecule has 0 saturated carbocycles. The first-order valence-electron chi connectivity index (χ1n) is 6.69. The number of hydrogen-bond donors (Lipinski definition) is 2. The van der Waals surface area contributed by atoms with E-state index in [0.29, 0.717) is 0 Å². The minimum atomic E-state index is -1.03. The Bertz CT molecular complexity index is 688.